The van der Waals surface area contributed by atoms with Crippen molar-refractivity contribution in [2.75, 3.05) is 0 Å². The number of hydrogen-bond donors (Lipinski definition) is 2. The first-order valence-electron chi connectivity index (χ1n) is 4.24. The number of carboxylic acid groups (broad SMARTS) is 1. The Morgan fingerprint density at radius 2 is 2.29 bits per heavy atom. The Kier molecular flexibility index (Phi) is 4.38. The highest BCUT2D eigenvalue weighted by Gasteiger charge is 2.10. The van der Waals surface area contributed by atoms with Gasteiger partial charge in [-0.15, -0.1) is 11.3 Å². The quantitative estimate of drug-likeness (QED) is 0.824. The van der Waals surface area contributed by atoms with Gasteiger partial charge in [0, 0.05) is 11.3 Å². The molecule has 0 aliphatic rings. The molecule has 0 aromatic carbocycles. The number of carbonyl (C=O) groups is 1. The number of rotatable bonds is 5. The Hall–Kier alpha value is -0.580. The number of carboxylic acids is 1. The lowest BCUT2D eigenvalue weighted by Gasteiger charge is -2.06. The molecule has 0 radical (unpaired) electrons. The minimum Gasteiger partial charge on any atom is -0.481 e. The molecule has 1 aromatic rings. The van der Waals surface area contributed by atoms with Gasteiger partial charge in [0.1, 0.15) is 0 Å². The molecule has 2 N–H and O–H groups in total. The van der Waals surface area contributed by atoms with E-state index in [4.69, 9.17) is 16.7 Å². The van der Waals surface area contributed by atoms with Crippen LogP contribution in [0.4, 0.5) is 0 Å². The molecule has 1 rings (SSSR count). The van der Waals surface area contributed by atoms with Crippen LogP contribution in [0, 0.1) is 0 Å². The standard InChI is InChI=1S/C9H11ClO3S/c10-8-5-4-7(14-8)6(11)2-1-3-9(12)13/h4-6,11H,1-3H2,(H,12,13). The minimum atomic E-state index is -0.832. The molecular formula is C9H11ClO3S. The molecule has 78 valence electrons. The summed E-state index contributed by atoms with van der Waals surface area (Å²) < 4.78 is 0.636. The summed E-state index contributed by atoms with van der Waals surface area (Å²) in [5.74, 6) is -0.832. The first-order chi connectivity index (χ1) is 6.59. The fourth-order valence-corrected chi connectivity index (χ4v) is 2.18. The summed E-state index contributed by atoms with van der Waals surface area (Å²) in [7, 11) is 0. The van der Waals surface area contributed by atoms with E-state index in [1.54, 1.807) is 12.1 Å². The van der Waals surface area contributed by atoms with Crippen LogP contribution in [-0.4, -0.2) is 16.2 Å². The molecule has 3 nitrogen and oxygen atoms in total. The molecule has 1 heterocycles. The largest absolute Gasteiger partial charge is 0.481 e. The van der Waals surface area contributed by atoms with Crippen LogP contribution in [0.25, 0.3) is 0 Å². The van der Waals surface area contributed by atoms with Gasteiger partial charge < -0.3 is 10.2 Å². The van der Waals surface area contributed by atoms with Crippen molar-refractivity contribution in [1.29, 1.82) is 0 Å². The highest BCUT2D eigenvalue weighted by molar-refractivity contribution is 7.16. The third-order valence-electron chi connectivity index (χ3n) is 1.79. The van der Waals surface area contributed by atoms with Crippen molar-refractivity contribution in [3.8, 4) is 0 Å². The normalized spacial score (nSPS) is 12.7. The van der Waals surface area contributed by atoms with Gasteiger partial charge >= 0.3 is 5.97 Å². The molecule has 0 fully saturated rings. The van der Waals surface area contributed by atoms with E-state index >= 15 is 0 Å². The lowest BCUT2D eigenvalue weighted by molar-refractivity contribution is -0.137. The summed E-state index contributed by atoms with van der Waals surface area (Å²) in [6.07, 6.45) is 0.442. The molecule has 0 saturated heterocycles. The number of aliphatic carboxylic acids is 1. The predicted octanol–water partition coefficient (Wildman–Crippen LogP) is 2.69. The van der Waals surface area contributed by atoms with Crippen molar-refractivity contribution in [3.63, 3.8) is 0 Å². The predicted molar refractivity (Wildman–Crippen MR) is 55.8 cm³/mol. The lowest BCUT2D eigenvalue weighted by Crippen LogP contribution is -1.98. The van der Waals surface area contributed by atoms with Crippen LogP contribution in [0.15, 0.2) is 12.1 Å². The maximum atomic E-state index is 10.2. The third-order valence-corrected chi connectivity index (χ3v) is 3.12. The zero-order valence-corrected chi connectivity index (χ0v) is 9.01. The van der Waals surface area contributed by atoms with Crippen molar-refractivity contribution >= 4 is 28.9 Å². The third kappa shape index (κ3) is 3.65. The van der Waals surface area contributed by atoms with E-state index in [0.717, 1.165) is 4.88 Å². The highest BCUT2D eigenvalue weighted by Crippen LogP contribution is 2.29. The lowest BCUT2D eigenvalue weighted by atomic mass is 10.1. The molecular weight excluding hydrogens is 224 g/mol. The Morgan fingerprint density at radius 3 is 2.79 bits per heavy atom. The Labute approximate surface area is 90.9 Å². The molecule has 0 aliphatic carbocycles. The van der Waals surface area contributed by atoms with Crippen molar-refractivity contribution in [2.24, 2.45) is 0 Å². The number of halogens is 1. The molecule has 14 heavy (non-hydrogen) atoms. The van der Waals surface area contributed by atoms with Gasteiger partial charge in [-0.3, -0.25) is 4.79 Å². The zero-order chi connectivity index (χ0) is 10.6. The van der Waals surface area contributed by atoms with Crippen LogP contribution in [0.1, 0.15) is 30.2 Å². The average molecular weight is 235 g/mol. The van der Waals surface area contributed by atoms with Crippen molar-refractivity contribution in [1.82, 2.24) is 0 Å². The van der Waals surface area contributed by atoms with Gasteiger partial charge in [0.15, 0.2) is 0 Å². The number of thiophene rings is 1. The fourth-order valence-electron chi connectivity index (χ4n) is 1.10. The van der Waals surface area contributed by atoms with Gasteiger partial charge in [0.2, 0.25) is 0 Å². The second-order valence-electron chi connectivity index (χ2n) is 2.94. The fraction of sp³-hybridized carbons (Fsp3) is 0.444. The molecule has 0 bridgehead atoms. The minimum absolute atomic E-state index is 0.0934. The van der Waals surface area contributed by atoms with E-state index < -0.39 is 12.1 Å². The van der Waals surface area contributed by atoms with Crippen molar-refractivity contribution < 1.29 is 15.0 Å². The topological polar surface area (TPSA) is 57.5 Å². The molecule has 1 unspecified atom stereocenters. The summed E-state index contributed by atoms with van der Waals surface area (Å²) in [5.41, 5.74) is 0. The summed E-state index contributed by atoms with van der Waals surface area (Å²) >= 11 is 7.02. The Balaban J connectivity index is 2.35. The van der Waals surface area contributed by atoms with Crippen LogP contribution >= 0.6 is 22.9 Å². The Morgan fingerprint density at radius 1 is 1.57 bits per heavy atom. The van der Waals surface area contributed by atoms with Gasteiger partial charge in [-0.05, 0) is 25.0 Å². The second-order valence-corrected chi connectivity index (χ2v) is 4.69. The average Bonchev–Trinajstić information content (AvgIpc) is 2.51. The summed E-state index contributed by atoms with van der Waals surface area (Å²) in [6, 6.07) is 3.49. The van der Waals surface area contributed by atoms with Gasteiger partial charge in [-0.2, -0.15) is 0 Å². The smallest absolute Gasteiger partial charge is 0.303 e. The van der Waals surface area contributed by atoms with Crippen molar-refractivity contribution in [2.45, 2.75) is 25.4 Å². The van der Waals surface area contributed by atoms with Gasteiger partial charge in [-0.25, -0.2) is 0 Å². The van der Waals surface area contributed by atoms with E-state index in [9.17, 15) is 9.90 Å². The first-order valence-corrected chi connectivity index (χ1v) is 5.44. The second kappa shape index (κ2) is 5.34. The van der Waals surface area contributed by atoms with E-state index in [1.807, 2.05) is 0 Å². The van der Waals surface area contributed by atoms with Gasteiger partial charge in [-0.1, -0.05) is 11.6 Å². The van der Waals surface area contributed by atoms with E-state index in [2.05, 4.69) is 0 Å². The van der Waals surface area contributed by atoms with E-state index in [1.165, 1.54) is 11.3 Å². The maximum Gasteiger partial charge on any atom is 0.303 e. The van der Waals surface area contributed by atoms with Crippen LogP contribution in [-0.2, 0) is 4.79 Å². The number of aliphatic hydroxyl groups is 1. The van der Waals surface area contributed by atoms with Crippen LogP contribution in [0.5, 0.6) is 0 Å². The van der Waals surface area contributed by atoms with Crippen molar-refractivity contribution in [3.05, 3.63) is 21.3 Å². The SMILES string of the molecule is O=C(O)CCCC(O)c1ccc(Cl)s1. The van der Waals surface area contributed by atoms with Gasteiger partial charge in [0.05, 0.1) is 10.4 Å². The van der Waals surface area contributed by atoms with E-state index in [0.29, 0.717) is 17.2 Å². The van der Waals surface area contributed by atoms with Crippen LogP contribution in [0.2, 0.25) is 4.34 Å². The van der Waals surface area contributed by atoms with E-state index in [-0.39, 0.29) is 6.42 Å². The molecule has 0 spiro atoms. The Bertz CT molecular complexity index is 311. The summed E-state index contributed by atoms with van der Waals surface area (Å²) in [5, 5.41) is 18.0. The molecule has 5 heteroatoms. The highest BCUT2D eigenvalue weighted by atomic mass is 35.5. The number of hydrogen-bond acceptors (Lipinski definition) is 3. The molecule has 1 aromatic heterocycles. The summed E-state index contributed by atoms with van der Waals surface area (Å²) in [4.78, 5) is 11.0. The molecule has 0 amide bonds. The molecule has 0 aliphatic heterocycles. The van der Waals surface area contributed by atoms with Crippen LogP contribution < -0.4 is 0 Å². The molecule has 0 saturated carbocycles. The number of aliphatic hydroxyl groups excluding tert-OH is 1. The van der Waals surface area contributed by atoms with Crippen LogP contribution in [0.3, 0.4) is 0 Å². The monoisotopic (exact) mass is 234 g/mol. The summed E-state index contributed by atoms with van der Waals surface area (Å²) in [6.45, 7) is 0. The zero-order valence-electron chi connectivity index (χ0n) is 7.44. The first kappa shape index (κ1) is 11.5. The van der Waals surface area contributed by atoms with Gasteiger partial charge in [0.25, 0.3) is 0 Å². The maximum absolute atomic E-state index is 10.2. The molecule has 1 atom stereocenters.